The van der Waals surface area contributed by atoms with Crippen molar-refractivity contribution in [2.75, 3.05) is 4.90 Å². The van der Waals surface area contributed by atoms with E-state index in [0.29, 0.717) is 12.8 Å². The molecule has 0 unspecified atom stereocenters. The Bertz CT molecular complexity index is 1430. The van der Waals surface area contributed by atoms with Gasteiger partial charge >= 0.3 is 7.12 Å². The quantitative estimate of drug-likeness (QED) is 0.125. The summed E-state index contributed by atoms with van der Waals surface area (Å²) in [4.78, 5) is 39.6. The van der Waals surface area contributed by atoms with Gasteiger partial charge in [-0.15, -0.1) is 0 Å². The van der Waals surface area contributed by atoms with Crippen molar-refractivity contribution in [3.05, 3.63) is 80.9 Å². The number of hydrogen-bond donors (Lipinski definition) is 2. The molecule has 0 radical (unpaired) electrons. The number of phenolic OH excluding ortho intramolecular Hbond substituents is 1. The number of carbonyl (C=O) groups excluding carboxylic acids is 2. The van der Waals surface area contributed by atoms with Crippen molar-refractivity contribution in [1.29, 1.82) is 0 Å². The average molecular weight is 572 g/mol. The van der Waals surface area contributed by atoms with E-state index in [0.717, 1.165) is 40.9 Å². The van der Waals surface area contributed by atoms with Crippen LogP contribution in [0.2, 0.25) is 6.32 Å². The molecule has 0 saturated carbocycles. The van der Waals surface area contributed by atoms with Gasteiger partial charge in [0.15, 0.2) is 0 Å². The summed E-state index contributed by atoms with van der Waals surface area (Å²) in [5.41, 5.74) is 4.37. The number of imide groups is 1. The second-order valence-corrected chi connectivity index (χ2v) is 11.9. The van der Waals surface area contributed by atoms with Gasteiger partial charge in [0.25, 0.3) is 5.69 Å². The number of benzene rings is 2. The van der Waals surface area contributed by atoms with Crippen LogP contribution in [0.1, 0.15) is 58.4 Å². The Labute approximate surface area is 246 Å². The van der Waals surface area contributed by atoms with Crippen molar-refractivity contribution >= 4 is 36.4 Å². The van der Waals surface area contributed by atoms with Crippen molar-refractivity contribution in [3.8, 4) is 5.75 Å². The molecule has 42 heavy (non-hydrogen) atoms. The molecule has 2 saturated heterocycles. The zero-order valence-electron chi connectivity index (χ0n) is 24.2. The number of aromatic hydroxyl groups is 1. The number of non-ortho nitro benzene ring substituents is 1. The summed E-state index contributed by atoms with van der Waals surface area (Å²) in [5, 5.41) is 31.9. The highest BCUT2D eigenvalue weighted by molar-refractivity contribution is 6.43. The van der Waals surface area contributed by atoms with Gasteiger partial charge in [0, 0.05) is 12.1 Å². The molecule has 2 fully saturated rings. The van der Waals surface area contributed by atoms with E-state index in [1.165, 1.54) is 23.8 Å². The number of carbonyl (C=O) groups is 2. The fourth-order valence-corrected chi connectivity index (χ4v) is 6.96. The van der Waals surface area contributed by atoms with Gasteiger partial charge in [0.2, 0.25) is 11.8 Å². The smallest absolute Gasteiger partial charge is 0.455 e. The summed E-state index contributed by atoms with van der Waals surface area (Å²) in [6, 6.07) is 12.7. The number of rotatable bonds is 9. The van der Waals surface area contributed by atoms with E-state index in [4.69, 9.17) is 4.65 Å². The first-order chi connectivity index (χ1) is 20.1. The number of nitro benzene ring substituents is 1. The molecular weight excluding hydrogens is 535 g/mol. The second-order valence-electron chi connectivity index (χ2n) is 11.9. The first-order valence-corrected chi connectivity index (χ1v) is 14.8. The molecule has 4 atom stereocenters. The Morgan fingerprint density at radius 3 is 2.55 bits per heavy atom. The lowest BCUT2D eigenvalue weighted by atomic mass is 9.57. The lowest BCUT2D eigenvalue weighted by Crippen LogP contribution is -2.46. The summed E-state index contributed by atoms with van der Waals surface area (Å²) in [7, 11) is -1.07. The Morgan fingerprint density at radius 1 is 1.14 bits per heavy atom. The lowest BCUT2D eigenvalue weighted by Gasteiger charge is -2.44. The van der Waals surface area contributed by atoms with Crippen molar-refractivity contribution in [1.82, 2.24) is 0 Å². The maximum Gasteiger partial charge on any atom is 0.455 e. The van der Waals surface area contributed by atoms with Gasteiger partial charge in [0.1, 0.15) is 5.75 Å². The zero-order chi connectivity index (χ0) is 30.1. The molecule has 2 heterocycles. The first-order valence-electron chi connectivity index (χ1n) is 14.8. The number of nitro groups is 1. The van der Waals surface area contributed by atoms with Crippen LogP contribution in [0.4, 0.5) is 11.4 Å². The monoisotopic (exact) mass is 572 g/mol. The molecular formula is C32H37BN2O7. The predicted molar refractivity (Wildman–Crippen MR) is 160 cm³/mol. The van der Waals surface area contributed by atoms with Gasteiger partial charge in [-0.2, -0.15) is 0 Å². The number of phenols is 1. The minimum atomic E-state index is -1.07. The fourth-order valence-electron chi connectivity index (χ4n) is 6.96. The van der Waals surface area contributed by atoms with E-state index in [-0.39, 0.29) is 47.1 Å². The molecule has 0 spiro atoms. The Morgan fingerprint density at radius 2 is 1.88 bits per heavy atom. The highest BCUT2D eigenvalue weighted by Gasteiger charge is 2.58. The standard InChI is InChI=1S/C32H37BN2O7/c1-4-6-20(15-21-9-12-24(36)13-10-21)11-14-28-29-25(19(2)3)17-26-30(27(29)18-33(39)42-28)32(38)34(31(26)37)22-7-5-8-23(16-22)35(40)41/h5,7-10,12-13,15-16,19,26-28,30,36,39H,4,6,11,14,17-18H2,1-3H3/b20-15+/t26-,27+,28-,30-/m1/s1. The van der Waals surface area contributed by atoms with E-state index in [2.05, 4.69) is 26.8 Å². The molecule has 3 aliphatic rings. The molecule has 220 valence electrons. The highest BCUT2D eigenvalue weighted by atomic mass is 16.6. The normalized spacial score (nSPS) is 24.4. The third-order valence-corrected chi connectivity index (χ3v) is 8.80. The van der Waals surface area contributed by atoms with Crippen molar-refractivity contribution in [2.24, 2.45) is 23.7 Å². The lowest BCUT2D eigenvalue weighted by molar-refractivity contribution is -0.384. The summed E-state index contributed by atoms with van der Waals surface area (Å²) in [6.07, 6.45) is 5.59. The van der Waals surface area contributed by atoms with Gasteiger partial charge in [-0.05, 0) is 73.2 Å². The van der Waals surface area contributed by atoms with Crippen LogP contribution < -0.4 is 4.90 Å². The number of allylic oxidation sites excluding steroid dienone is 2. The summed E-state index contributed by atoms with van der Waals surface area (Å²) >= 11 is 0. The topological polar surface area (TPSA) is 130 Å². The molecule has 1 aliphatic carbocycles. The van der Waals surface area contributed by atoms with E-state index in [1.807, 2.05) is 12.1 Å². The first kappa shape index (κ1) is 29.7. The van der Waals surface area contributed by atoms with E-state index >= 15 is 0 Å². The minimum Gasteiger partial charge on any atom is -0.508 e. The van der Waals surface area contributed by atoms with Gasteiger partial charge in [-0.1, -0.05) is 62.6 Å². The third-order valence-electron chi connectivity index (χ3n) is 8.80. The van der Waals surface area contributed by atoms with Crippen LogP contribution in [0, 0.1) is 33.8 Å². The summed E-state index contributed by atoms with van der Waals surface area (Å²) < 4.78 is 6.15. The zero-order valence-corrected chi connectivity index (χ0v) is 24.2. The van der Waals surface area contributed by atoms with Crippen molar-refractivity contribution in [2.45, 2.75) is 65.3 Å². The maximum absolute atomic E-state index is 13.9. The third kappa shape index (κ3) is 5.78. The molecule has 9 nitrogen and oxygen atoms in total. The number of fused-ring (bicyclic) bond motifs is 3. The van der Waals surface area contributed by atoms with Gasteiger partial charge in [0.05, 0.1) is 28.6 Å². The molecule has 0 bridgehead atoms. The van der Waals surface area contributed by atoms with Crippen LogP contribution in [0.5, 0.6) is 5.75 Å². The molecule has 2 amide bonds. The van der Waals surface area contributed by atoms with Crippen molar-refractivity contribution < 1.29 is 29.3 Å². The molecule has 5 rings (SSSR count). The predicted octanol–water partition coefficient (Wildman–Crippen LogP) is 5.92. The van der Waals surface area contributed by atoms with Crippen LogP contribution in [-0.2, 0) is 14.2 Å². The summed E-state index contributed by atoms with van der Waals surface area (Å²) in [5.74, 6) is -1.98. The number of amides is 2. The molecule has 2 aromatic rings. The van der Waals surface area contributed by atoms with Crippen LogP contribution >= 0.6 is 0 Å². The largest absolute Gasteiger partial charge is 0.508 e. The Kier molecular flexibility index (Phi) is 8.66. The van der Waals surface area contributed by atoms with Crippen molar-refractivity contribution in [3.63, 3.8) is 0 Å². The molecule has 0 aromatic heterocycles. The Hall–Kier alpha value is -3.76. The molecule has 2 aliphatic heterocycles. The van der Waals surface area contributed by atoms with Gasteiger partial charge < -0.3 is 14.8 Å². The molecule has 10 heteroatoms. The SMILES string of the molecule is CCC/C(=C\c1ccc(O)cc1)CC[C@H]1OB(O)C[C@H]2C1=C(C(C)C)C[C@H]1C(=O)N(c3cccc([N+](=O)[O-])c3)C(=O)[C@H]12. The van der Waals surface area contributed by atoms with Gasteiger partial charge in [-0.3, -0.25) is 19.7 Å². The molecule has 2 N–H and O–H groups in total. The summed E-state index contributed by atoms with van der Waals surface area (Å²) in [6.45, 7) is 6.28. The average Bonchev–Trinajstić information content (AvgIpc) is 3.21. The Balaban J connectivity index is 1.45. The second kappa shape index (κ2) is 12.2. The fraction of sp³-hybridized carbons (Fsp3) is 0.438. The number of anilines is 1. The highest BCUT2D eigenvalue weighted by Crippen LogP contribution is 2.52. The van der Waals surface area contributed by atoms with E-state index in [1.54, 1.807) is 18.2 Å². The maximum atomic E-state index is 13.9. The van der Waals surface area contributed by atoms with Crippen LogP contribution in [0.15, 0.2) is 65.3 Å². The number of nitrogens with zero attached hydrogens (tertiary/aromatic N) is 2. The van der Waals surface area contributed by atoms with Crippen LogP contribution in [0.3, 0.4) is 0 Å². The van der Waals surface area contributed by atoms with Crippen LogP contribution in [-0.4, -0.2) is 40.1 Å². The van der Waals surface area contributed by atoms with Crippen LogP contribution in [0.25, 0.3) is 6.08 Å². The minimum absolute atomic E-state index is 0.113. The van der Waals surface area contributed by atoms with E-state index in [9.17, 15) is 29.8 Å². The molecule has 2 aromatic carbocycles. The van der Waals surface area contributed by atoms with Gasteiger partial charge in [-0.25, -0.2) is 4.90 Å². The van der Waals surface area contributed by atoms with E-state index < -0.39 is 30.0 Å². The number of hydrogen-bond acceptors (Lipinski definition) is 7.